The molecule has 0 saturated heterocycles. The van der Waals surface area contributed by atoms with E-state index in [2.05, 4.69) is 17.0 Å². The minimum atomic E-state index is -3.38. The zero-order chi connectivity index (χ0) is 14.9. The molecule has 1 aromatic rings. The van der Waals surface area contributed by atoms with Gasteiger partial charge in [0.25, 0.3) is 0 Å². The van der Waals surface area contributed by atoms with Gasteiger partial charge in [-0.15, -0.1) is 0 Å². The lowest BCUT2D eigenvalue weighted by molar-refractivity contribution is 0.498. The van der Waals surface area contributed by atoms with Crippen molar-refractivity contribution in [2.75, 3.05) is 18.4 Å². The second-order valence-corrected chi connectivity index (χ2v) is 8.25. The Bertz CT molecular complexity index is 613. The molecule has 3 rings (SSSR count). The van der Waals surface area contributed by atoms with Gasteiger partial charge in [-0.05, 0) is 61.3 Å². The lowest BCUT2D eigenvalue weighted by Crippen LogP contribution is -2.29. The molecule has 4 nitrogen and oxygen atoms in total. The topological polar surface area (TPSA) is 58.2 Å². The van der Waals surface area contributed by atoms with Gasteiger partial charge in [-0.3, -0.25) is 0 Å². The summed E-state index contributed by atoms with van der Waals surface area (Å²) in [7, 11) is -3.38. The van der Waals surface area contributed by atoms with E-state index in [9.17, 15) is 8.42 Å². The summed E-state index contributed by atoms with van der Waals surface area (Å²) in [6.07, 6.45) is 5.50. The minimum Gasteiger partial charge on any atom is -0.385 e. The predicted molar refractivity (Wildman–Crippen MR) is 84.9 cm³/mol. The molecule has 2 N–H and O–H groups in total. The second-order valence-electron chi connectivity index (χ2n) is 6.49. The Morgan fingerprint density at radius 3 is 2.95 bits per heavy atom. The van der Waals surface area contributed by atoms with Gasteiger partial charge in [0.1, 0.15) is 0 Å². The largest absolute Gasteiger partial charge is 0.385 e. The first-order valence-electron chi connectivity index (χ1n) is 7.91. The Morgan fingerprint density at radius 1 is 1.33 bits per heavy atom. The molecule has 1 aromatic carbocycles. The molecule has 0 radical (unpaired) electrons. The Balaban J connectivity index is 1.69. The highest BCUT2D eigenvalue weighted by Crippen LogP contribution is 2.30. The molecule has 0 bridgehead atoms. The Hall–Kier alpha value is -1.07. The molecule has 2 aliphatic rings. The molecular formula is C16H24N2O2S. The van der Waals surface area contributed by atoms with Crippen LogP contribution in [0.15, 0.2) is 23.1 Å². The van der Waals surface area contributed by atoms with Gasteiger partial charge >= 0.3 is 0 Å². The molecule has 2 atom stereocenters. The van der Waals surface area contributed by atoms with Crippen LogP contribution in [0.5, 0.6) is 0 Å². The summed E-state index contributed by atoms with van der Waals surface area (Å²) in [5.41, 5.74) is 2.18. The van der Waals surface area contributed by atoms with Crippen molar-refractivity contribution in [1.82, 2.24) is 4.72 Å². The van der Waals surface area contributed by atoms with Crippen LogP contribution in [-0.2, 0) is 16.4 Å². The molecule has 0 spiro atoms. The van der Waals surface area contributed by atoms with Crippen LogP contribution in [0.4, 0.5) is 5.69 Å². The number of hydrogen-bond acceptors (Lipinski definition) is 3. The van der Waals surface area contributed by atoms with E-state index < -0.39 is 10.0 Å². The van der Waals surface area contributed by atoms with Crippen molar-refractivity contribution in [3.63, 3.8) is 0 Å². The van der Waals surface area contributed by atoms with Gasteiger partial charge < -0.3 is 5.32 Å². The first-order valence-corrected chi connectivity index (χ1v) is 9.39. The van der Waals surface area contributed by atoms with E-state index in [0.29, 0.717) is 17.4 Å². The van der Waals surface area contributed by atoms with Crippen molar-refractivity contribution in [3.8, 4) is 0 Å². The maximum atomic E-state index is 12.4. The molecule has 0 aromatic heterocycles. The lowest BCUT2D eigenvalue weighted by Gasteiger charge is -2.19. The highest BCUT2D eigenvalue weighted by atomic mass is 32.2. The number of aryl methyl sites for hydroxylation is 1. The van der Waals surface area contributed by atoms with E-state index >= 15 is 0 Å². The Labute approximate surface area is 127 Å². The third kappa shape index (κ3) is 3.40. The number of rotatable bonds is 4. The first-order chi connectivity index (χ1) is 10.0. The summed E-state index contributed by atoms with van der Waals surface area (Å²) >= 11 is 0. The number of benzene rings is 1. The number of sulfonamides is 1. The summed E-state index contributed by atoms with van der Waals surface area (Å²) in [4.78, 5) is 0.399. The van der Waals surface area contributed by atoms with Crippen LogP contribution in [0.2, 0.25) is 0 Å². The van der Waals surface area contributed by atoms with Crippen molar-refractivity contribution in [2.24, 2.45) is 11.8 Å². The van der Waals surface area contributed by atoms with Crippen LogP contribution >= 0.6 is 0 Å². The van der Waals surface area contributed by atoms with E-state index in [0.717, 1.165) is 49.4 Å². The van der Waals surface area contributed by atoms with Crippen LogP contribution in [0.25, 0.3) is 0 Å². The van der Waals surface area contributed by atoms with Gasteiger partial charge in [0.05, 0.1) is 4.90 Å². The molecule has 2 unspecified atom stereocenters. The standard InChI is InChI=1S/C16H24N2O2S/c1-12-4-5-13(9-12)11-18-21(19,20)15-6-7-16-14(10-15)3-2-8-17-16/h6-7,10,12-13,17-18H,2-5,8-9,11H2,1H3. The van der Waals surface area contributed by atoms with Crippen molar-refractivity contribution in [1.29, 1.82) is 0 Å². The van der Waals surface area contributed by atoms with Gasteiger partial charge in [0.15, 0.2) is 0 Å². The van der Waals surface area contributed by atoms with E-state index in [1.807, 2.05) is 12.1 Å². The molecule has 0 amide bonds. The predicted octanol–water partition coefficient (Wildman–Crippen LogP) is 2.76. The van der Waals surface area contributed by atoms with E-state index in [-0.39, 0.29) is 0 Å². The normalized spacial score (nSPS) is 25.4. The summed E-state index contributed by atoms with van der Waals surface area (Å²) in [6, 6.07) is 5.42. The molecule has 5 heteroatoms. The SMILES string of the molecule is CC1CCC(CNS(=O)(=O)c2ccc3c(c2)CCCN3)C1. The summed E-state index contributed by atoms with van der Waals surface area (Å²) in [5.74, 6) is 1.23. The monoisotopic (exact) mass is 308 g/mol. The van der Waals surface area contributed by atoms with Gasteiger partial charge in [0, 0.05) is 18.8 Å². The molecular weight excluding hydrogens is 284 g/mol. The van der Waals surface area contributed by atoms with Gasteiger partial charge in [0.2, 0.25) is 10.0 Å². The zero-order valence-corrected chi connectivity index (χ0v) is 13.4. The third-order valence-corrected chi connectivity index (χ3v) is 6.11. The van der Waals surface area contributed by atoms with Crippen LogP contribution in [0, 0.1) is 11.8 Å². The maximum absolute atomic E-state index is 12.4. The number of nitrogens with one attached hydrogen (secondary N) is 2. The maximum Gasteiger partial charge on any atom is 0.240 e. The fraction of sp³-hybridized carbons (Fsp3) is 0.625. The zero-order valence-electron chi connectivity index (χ0n) is 12.6. The quantitative estimate of drug-likeness (QED) is 0.899. The number of hydrogen-bond donors (Lipinski definition) is 2. The number of fused-ring (bicyclic) bond motifs is 1. The average molecular weight is 308 g/mol. The van der Waals surface area contributed by atoms with Gasteiger partial charge in [-0.2, -0.15) is 0 Å². The molecule has 1 saturated carbocycles. The molecule has 1 fully saturated rings. The highest BCUT2D eigenvalue weighted by molar-refractivity contribution is 7.89. The summed E-state index contributed by atoms with van der Waals surface area (Å²) in [6.45, 7) is 3.78. The molecule has 1 heterocycles. The fourth-order valence-electron chi connectivity index (χ4n) is 3.44. The first kappa shape index (κ1) is 14.9. The Kier molecular flexibility index (Phi) is 4.22. The Morgan fingerprint density at radius 2 is 2.19 bits per heavy atom. The molecule has 1 aliphatic carbocycles. The van der Waals surface area contributed by atoms with Crippen LogP contribution in [0.1, 0.15) is 38.2 Å². The molecule has 21 heavy (non-hydrogen) atoms. The molecule has 1 aliphatic heterocycles. The minimum absolute atomic E-state index is 0.399. The summed E-state index contributed by atoms with van der Waals surface area (Å²) in [5, 5.41) is 3.31. The van der Waals surface area contributed by atoms with Crippen LogP contribution < -0.4 is 10.0 Å². The van der Waals surface area contributed by atoms with Crippen molar-refractivity contribution < 1.29 is 8.42 Å². The van der Waals surface area contributed by atoms with Crippen molar-refractivity contribution >= 4 is 15.7 Å². The second kappa shape index (κ2) is 5.97. The van der Waals surface area contributed by atoms with Crippen molar-refractivity contribution in [2.45, 2.75) is 43.9 Å². The third-order valence-electron chi connectivity index (χ3n) is 4.69. The summed E-state index contributed by atoms with van der Waals surface area (Å²) < 4.78 is 27.6. The highest BCUT2D eigenvalue weighted by Gasteiger charge is 2.24. The van der Waals surface area contributed by atoms with E-state index in [1.54, 1.807) is 6.07 Å². The van der Waals surface area contributed by atoms with E-state index in [1.165, 1.54) is 6.42 Å². The van der Waals surface area contributed by atoms with E-state index in [4.69, 9.17) is 0 Å². The number of anilines is 1. The molecule has 116 valence electrons. The van der Waals surface area contributed by atoms with Crippen molar-refractivity contribution in [3.05, 3.63) is 23.8 Å². The average Bonchev–Trinajstić information content (AvgIpc) is 2.90. The van der Waals surface area contributed by atoms with Gasteiger partial charge in [-0.25, -0.2) is 13.1 Å². The fourth-order valence-corrected chi connectivity index (χ4v) is 4.61. The van der Waals surface area contributed by atoms with Crippen LogP contribution in [-0.4, -0.2) is 21.5 Å². The smallest absolute Gasteiger partial charge is 0.240 e. The van der Waals surface area contributed by atoms with Gasteiger partial charge in [-0.1, -0.05) is 13.3 Å². The lowest BCUT2D eigenvalue weighted by atomic mass is 10.0. The van der Waals surface area contributed by atoms with Crippen LogP contribution in [0.3, 0.4) is 0 Å².